The van der Waals surface area contributed by atoms with Crippen molar-refractivity contribution in [1.29, 1.82) is 0 Å². The molecule has 0 aliphatic carbocycles. The molecule has 3 heterocycles. The van der Waals surface area contributed by atoms with Crippen molar-refractivity contribution >= 4 is 36.2 Å². The number of halogens is 2. The van der Waals surface area contributed by atoms with E-state index in [0.29, 0.717) is 6.04 Å². The Bertz CT molecular complexity index is 564. The minimum absolute atomic E-state index is 0. The van der Waals surface area contributed by atoms with Gasteiger partial charge in [0.15, 0.2) is 0 Å². The number of aryl methyl sites for hydroxylation is 1. The van der Waals surface area contributed by atoms with Crippen LogP contribution >= 0.6 is 36.2 Å². The summed E-state index contributed by atoms with van der Waals surface area (Å²) in [6.45, 7) is 6.22. The van der Waals surface area contributed by atoms with E-state index in [1.54, 1.807) is 11.3 Å². The third-order valence-corrected chi connectivity index (χ3v) is 4.81. The predicted molar refractivity (Wildman–Crippen MR) is 101 cm³/mol. The fourth-order valence-electron chi connectivity index (χ4n) is 2.80. The fraction of sp³-hybridized carbons (Fsp3) is 0.500. The van der Waals surface area contributed by atoms with Crippen LogP contribution in [0.4, 0.5) is 0 Å². The highest BCUT2D eigenvalue weighted by atomic mass is 35.5. The molecule has 4 nitrogen and oxygen atoms in total. The number of rotatable bonds is 5. The normalized spacial score (nSPS) is 18.0. The zero-order chi connectivity index (χ0) is 14.5. The Morgan fingerprint density at radius 1 is 1.39 bits per heavy atom. The van der Waals surface area contributed by atoms with Gasteiger partial charge in [0.2, 0.25) is 0 Å². The molecule has 1 aliphatic heterocycles. The second kappa shape index (κ2) is 10.2. The number of nitrogens with zero attached hydrogens (tertiary/aromatic N) is 3. The molecule has 1 N–H and O–H groups in total. The van der Waals surface area contributed by atoms with Crippen molar-refractivity contribution in [3.8, 4) is 0 Å². The molecule has 2 aromatic heterocycles. The van der Waals surface area contributed by atoms with Gasteiger partial charge in [-0.1, -0.05) is 13.0 Å². The summed E-state index contributed by atoms with van der Waals surface area (Å²) in [5.41, 5.74) is 2.49. The Hall–Kier alpha value is -0.720. The summed E-state index contributed by atoms with van der Waals surface area (Å²) >= 11 is 1.79. The first-order chi connectivity index (χ1) is 10.4. The Kier molecular flexibility index (Phi) is 9.02. The van der Waals surface area contributed by atoms with Crippen LogP contribution in [0.25, 0.3) is 0 Å². The van der Waals surface area contributed by atoms with Crippen LogP contribution in [0.2, 0.25) is 0 Å². The molecule has 128 valence electrons. The van der Waals surface area contributed by atoms with Gasteiger partial charge in [0, 0.05) is 50.0 Å². The maximum Gasteiger partial charge on any atom is 0.0928 e. The number of nitrogens with one attached hydrogen (secondary N) is 1. The van der Waals surface area contributed by atoms with Crippen LogP contribution in [0, 0.1) is 0 Å². The summed E-state index contributed by atoms with van der Waals surface area (Å²) in [6, 6.07) is 4.58. The molecule has 23 heavy (non-hydrogen) atoms. The third kappa shape index (κ3) is 5.40. The van der Waals surface area contributed by atoms with E-state index in [4.69, 9.17) is 4.98 Å². The Morgan fingerprint density at radius 2 is 2.26 bits per heavy atom. The fourth-order valence-corrected chi connectivity index (χ4v) is 3.69. The van der Waals surface area contributed by atoms with Crippen molar-refractivity contribution in [3.63, 3.8) is 0 Å². The van der Waals surface area contributed by atoms with Gasteiger partial charge in [0.05, 0.1) is 10.7 Å². The first kappa shape index (κ1) is 20.3. The summed E-state index contributed by atoms with van der Waals surface area (Å²) < 4.78 is 0. The molecule has 0 radical (unpaired) electrons. The largest absolute Gasteiger partial charge is 0.314 e. The van der Waals surface area contributed by atoms with Gasteiger partial charge >= 0.3 is 0 Å². The van der Waals surface area contributed by atoms with Crippen LogP contribution in [0.3, 0.4) is 0 Å². The number of pyridine rings is 1. The molecule has 1 atom stereocenters. The Labute approximate surface area is 154 Å². The lowest BCUT2D eigenvalue weighted by molar-refractivity contribution is 0.152. The molecule has 1 saturated heterocycles. The molecule has 0 spiro atoms. The highest BCUT2D eigenvalue weighted by Crippen LogP contribution is 2.24. The van der Waals surface area contributed by atoms with Crippen LogP contribution in [-0.4, -0.2) is 34.5 Å². The molecule has 7 heteroatoms. The van der Waals surface area contributed by atoms with E-state index in [1.165, 1.54) is 22.7 Å². The van der Waals surface area contributed by atoms with E-state index in [2.05, 4.69) is 33.6 Å². The predicted octanol–water partition coefficient (Wildman–Crippen LogP) is 3.48. The zero-order valence-corrected chi connectivity index (χ0v) is 15.7. The lowest BCUT2D eigenvalue weighted by atomic mass is 10.1. The highest BCUT2D eigenvalue weighted by molar-refractivity contribution is 7.09. The SMILES string of the molecule is CCCc1nc(CN2CCNCC2c2cccnc2)cs1.Cl.Cl. The van der Waals surface area contributed by atoms with Crippen molar-refractivity contribution in [2.24, 2.45) is 0 Å². The monoisotopic (exact) mass is 374 g/mol. The first-order valence-electron chi connectivity index (χ1n) is 7.65. The lowest BCUT2D eigenvalue weighted by Crippen LogP contribution is -2.45. The van der Waals surface area contributed by atoms with Gasteiger partial charge in [0.25, 0.3) is 0 Å². The molecule has 0 amide bonds. The van der Waals surface area contributed by atoms with Crippen molar-refractivity contribution < 1.29 is 0 Å². The minimum Gasteiger partial charge on any atom is -0.314 e. The molecule has 3 rings (SSSR count). The van der Waals surface area contributed by atoms with Crippen LogP contribution in [0.1, 0.15) is 35.7 Å². The van der Waals surface area contributed by atoms with Gasteiger partial charge in [-0.3, -0.25) is 9.88 Å². The molecular formula is C16H24Cl2N4S. The minimum atomic E-state index is 0. The van der Waals surface area contributed by atoms with Gasteiger partial charge in [0.1, 0.15) is 0 Å². The summed E-state index contributed by atoms with van der Waals surface area (Å²) in [6.07, 6.45) is 6.08. The molecule has 1 unspecified atom stereocenters. The average Bonchev–Trinajstić information content (AvgIpc) is 2.96. The summed E-state index contributed by atoms with van der Waals surface area (Å²) in [5, 5.41) is 6.97. The molecule has 0 aromatic carbocycles. The van der Waals surface area contributed by atoms with Crippen LogP contribution in [-0.2, 0) is 13.0 Å². The van der Waals surface area contributed by atoms with E-state index in [9.17, 15) is 0 Å². The van der Waals surface area contributed by atoms with Gasteiger partial charge in [-0.25, -0.2) is 4.98 Å². The van der Waals surface area contributed by atoms with Crippen LogP contribution < -0.4 is 5.32 Å². The standard InChI is InChI=1S/C16H22N4S.2ClH/c1-2-4-16-19-14(12-21-16)11-20-8-7-18-10-15(20)13-5-3-6-17-9-13;;/h3,5-6,9,12,15,18H,2,4,7-8,10-11H2,1H3;2*1H. The van der Waals surface area contributed by atoms with E-state index < -0.39 is 0 Å². The summed E-state index contributed by atoms with van der Waals surface area (Å²) in [5.74, 6) is 0. The van der Waals surface area contributed by atoms with Crippen molar-refractivity contribution in [1.82, 2.24) is 20.2 Å². The van der Waals surface area contributed by atoms with Crippen molar-refractivity contribution in [3.05, 3.63) is 46.2 Å². The highest BCUT2D eigenvalue weighted by Gasteiger charge is 2.24. The lowest BCUT2D eigenvalue weighted by Gasteiger charge is -2.35. The number of hydrogen-bond donors (Lipinski definition) is 1. The Balaban J connectivity index is 0.00000132. The summed E-state index contributed by atoms with van der Waals surface area (Å²) in [7, 11) is 0. The number of thiazole rings is 1. The van der Waals surface area contributed by atoms with Gasteiger partial charge in [-0.15, -0.1) is 36.2 Å². The number of aromatic nitrogens is 2. The second-order valence-electron chi connectivity index (χ2n) is 5.46. The van der Waals surface area contributed by atoms with Crippen LogP contribution in [0.15, 0.2) is 29.9 Å². The topological polar surface area (TPSA) is 41.1 Å². The number of piperazine rings is 1. The molecule has 0 saturated carbocycles. The first-order valence-corrected chi connectivity index (χ1v) is 8.52. The van der Waals surface area contributed by atoms with E-state index in [-0.39, 0.29) is 24.8 Å². The Morgan fingerprint density at radius 3 is 3.00 bits per heavy atom. The second-order valence-corrected chi connectivity index (χ2v) is 6.40. The molecular weight excluding hydrogens is 351 g/mol. The van der Waals surface area contributed by atoms with Gasteiger partial charge in [-0.2, -0.15) is 0 Å². The van der Waals surface area contributed by atoms with E-state index in [1.807, 2.05) is 18.5 Å². The molecule has 1 fully saturated rings. The van der Waals surface area contributed by atoms with Crippen molar-refractivity contribution in [2.45, 2.75) is 32.4 Å². The maximum atomic E-state index is 4.76. The average molecular weight is 375 g/mol. The number of hydrogen-bond acceptors (Lipinski definition) is 5. The van der Waals surface area contributed by atoms with Gasteiger partial charge < -0.3 is 5.32 Å². The van der Waals surface area contributed by atoms with E-state index in [0.717, 1.165) is 32.6 Å². The summed E-state index contributed by atoms with van der Waals surface area (Å²) in [4.78, 5) is 11.5. The zero-order valence-electron chi connectivity index (χ0n) is 13.3. The van der Waals surface area contributed by atoms with E-state index >= 15 is 0 Å². The molecule has 2 aromatic rings. The molecule has 1 aliphatic rings. The maximum absolute atomic E-state index is 4.76. The van der Waals surface area contributed by atoms with Crippen LogP contribution in [0.5, 0.6) is 0 Å². The third-order valence-electron chi connectivity index (χ3n) is 3.85. The molecule has 0 bridgehead atoms. The van der Waals surface area contributed by atoms with Crippen molar-refractivity contribution in [2.75, 3.05) is 19.6 Å². The smallest absolute Gasteiger partial charge is 0.0928 e. The van der Waals surface area contributed by atoms with Gasteiger partial charge in [-0.05, 0) is 24.5 Å². The quantitative estimate of drug-likeness (QED) is 0.869.